The average Bonchev–Trinajstić information content (AvgIpc) is 2.35. The van der Waals surface area contributed by atoms with E-state index in [-0.39, 0.29) is 5.82 Å². The predicted molar refractivity (Wildman–Crippen MR) is 77.5 cm³/mol. The van der Waals surface area contributed by atoms with Crippen LogP contribution in [0.25, 0.3) is 0 Å². The number of hydrogen-bond acceptors (Lipinski definition) is 2. The molecule has 19 heavy (non-hydrogen) atoms. The van der Waals surface area contributed by atoms with E-state index < -0.39 is 0 Å². The zero-order valence-corrected chi connectivity index (χ0v) is 12.0. The van der Waals surface area contributed by atoms with Crippen LogP contribution in [-0.4, -0.2) is 30.6 Å². The van der Waals surface area contributed by atoms with Crippen LogP contribution in [0.4, 0.5) is 4.39 Å². The van der Waals surface area contributed by atoms with Gasteiger partial charge in [-0.1, -0.05) is 26.0 Å². The Balaban J connectivity index is 1.92. The van der Waals surface area contributed by atoms with E-state index >= 15 is 0 Å². The molecule has 1 aromatic rings. The zero-order valence-electron chi connectivity index (χ0n) is 12.0. The Morgan fingerprint density at radius 3 is 2.95 bits per heavy atom. The number of rotatable bonds is 5. The Bertz CT molecular complexity index is 394. The summed E-state index contributed by atoms with van der Waals surface area (Å²) in [4.78, 5) is 2.44. The predicted octanol–water partition coefficient (Wildman–Crippen LogP) is 3.04. The summed E-state index contributed by atoms with van der Waals surface area (Å²) >= 11 is 0. The summed E-state index contributed by atoms with van der Waals surface area (Å²) in [6.07, 6.45) is 2.43. The standard InChI is InChI=1S/C16H25FN2/c1-3-7-18-16-8-13(2)10-19(12-16)11-14-5-4-6-15(17)9-14/h4-6,9,13,16,18H,3,7-8,10-12H2,1-2H3. The van der Waals surface area contributed by atoms with Crippen molar-refractivity contribution in [2.24, 2.45) is 5.92 Å². The fraction of sp³-hybridized carbons (Fsp3) is 0.625. The number of piperidine rings is 1. The molecule has 0 aliphatic carbocycles. The number of likely N-dealkylation sites (tertiary alicyclic amines) is 1. The molecule has 0 radical (unpaired) electrons. The van der Waals surface area contributed by atoms with Gasteiger partial charge in [-0.15, -0.1) is 0 Å². The van der Waals surface area contributed by atoms with Gasteiger partial charge in [-0.2, -0.15) is 0 Å². The molecular weight excluding hydrogens is 239 g/mol. The summed E-state index contributed by atoms with van der Waals surface area (Å²) in [6, 6.07) is 7.54. The summed E-state index contributed by atoms with van der Waals surface area (Å²) in [5.74, 6) is 0.569. The highest BCUT2D eigenvalue weighted by Gasteiger charge is 2.24. The lowest BCUT2D eigenvalue weighted by molar-refractivity contribution is 0.142. The SMILES string of the molecule is CCCNC1CC(C)CN(Cc2cccc(F)c2)C1. The Hall–Kier alpha value is -0.930. The molecule has 3 heteroatoms. The fourth-order valence-electron chi connectivity index (χ4n) is 2.98. The van der Waals surface area contributed by atoms with Crippen LogP contribution in [0.15, 0.2) is 24.3 Å². The molecule has 106 valence electrons. The molecular formula is C16H25FN2. The van der Waals surface area contributed by atoms with Crippen LogP contribution in [-0.2, 0) is 6.54 Å². The largest absolute Gasteiger partial charge is 0.313 e. The summed E-state index contributed by atoms with van der Waals surface area (Å²) in [5.41, 5.74) is 1.07. The van der Waals surface area contributed by atoms with Crippen molar-refractivity contribution in [3.63, 3.8) is 0 Å². The first-order valence-electron chi connectivity index (χ1n) is 7.37. The van der Waals surface area contributed by atoms with Crippen LogP contribution in [0.3, 0.4) is 0 Å². The van der Waals surface area contributed by atoms with E-state index in [0.717, 1.165) is 31.7 Å². The molecule has 0 amide bonds. The molecule has 1 N–H and O–H groups in total. The van der Waals surface area contributed by atoms with Crippen LogP contribution in [0.5, 0.6) is 0 Å². The maximum atomic E-state index is 13.2. The van der Waals surface area contributed by atoms with Crippen molar-refractivity contribution in [2.45, 2.75) is 39.3 Å². The van der Waals surface area contributed by atoms with Gasteiger partial charge in [-0.25, -0.2) is 4.39 Å². The van der Waals surface area contributed by atoms with E-state index in [1.165, 1.54) is 18.9 Å². The molecule has 0 bridgehead atoms. The van der Waals surface area contributed by atoms with Crippen molar-refractivity contribution in [1.82, 2.24) is 10.2 Å². The summed E-state index contributed by atoms with van der Waals surface area (Å²) < 4.78 is 13.2. The van der Waals surface area contributed by atoms with E-state index in [0.29, 0.717) is 12.0 Å². The second-order valence-electron chi connectivity index (χ2n) is 5.82. The zero-order chi connectivity index (χ0) is 13.7. The molecule has 2 unspecified atom stereocenters. The maximum Gasteiger partial charge on any atom is 0.123 e. The number of nitrogens with zero attached hydrogens (tertiary/aromatic N) is 1. The molecule has 2 atom stereocenters. The summed E-state index contributed by atoms with van der Waals surface area (Å²) in [6.45, 7) is 8.63. The van der Waals surface area contributed by atoms with Gasteiger partial charge in [0, 0.05) is 25.7 Å². The molecule has 1 fully saturated rings. The van der Waals surface area contributed by atoms with Crippen molar-refractivity contribution in [3.8, 4) is 0 Å². The highest BCUT2D eigenvalue weighted by atomic mass is 19.1. The molecule has 0 spiro atoms. The van der Waals surface area contributed by atoms with Crippen LogP contribution in [0, 0.1) is 11.7 Å². The average molecular weight is 264 g/mol. The Morgan fingerprint density at radius 2 is 2.21 bits per heavy atom. The summed E-state index contributed by atoms with van der Waals surface area (Å²) in [5, 5.41) is 3.61. The molecule has 1 saturated heterocycles. The third kappa shape index (κ3) is 4.59. The van der Waals surface area contributed by atoms with Crippen LogP contribution >= 0.6 is 0 Å². The molecule has 1 aliphatic heterocycles. The Morgan fingerprint density at radius 1 is 1.37 bits per heavy atom. The third-order valence-electron chi connectivity index (χ3n) is 3.71. The van der Waals surface area contributed by atoms with Gasteiger partial charge in [0.1, 0.15) is 5.82 Å². The second kappa shape index (κ2) is 7.01. The first-order chi connectivity index (χ1) is 9.17. The lowest BCUT2D eigenvalue weighted by Crippen LogP contribution is -2.48. The van der Waals surface area contributed by atoms with Crippen molar-refractivity contribution in [1.29, 1.82) is 0 Å². The highest BCUT2D eigenvalue weighted by molar-refractivity contribution is 5.16. The number of nitrogens with one attached hydrogen (secondary N) is 1. The minimum atomic E-state index is -0.136. The van der Waals surface area contributed by atoms with Gasteiger partial charge in [0.25, 0.3) is 0 Å². The first kappa shape index (κ1) is 14.5. The molecule has 1 aromatic carbocycles. The van der Waals surface area contributed by atoms with E-state index in [4.69, 9.17) is 0 Å². The first-order valence-corrected chi connectivity index (χ1v) is 7.37. The molecule has 1 heterocycles. The van der Waals surface area contributed by atoms with Crippen LogP contribution in [0.2, 0.25) is 0 Å². The van der Waals surface area contributed by atoms with E-state index in [1.54, 1.807) is 12.1 Å². The minimum absolute atomic E-state index is 0.136. The minimum Gasteiger partial charge on any atom is -0.313 e. The molecule has 0 aromatic heterocycles. The van der Waals surface area contributed by atoms with Gasteiger partial charge in [-0.3, -0.25) is 4.90 Å². The van der Waals surface area contributed by atoms with Crippen molar-refractivity contribution >= 4 is 0 Å². The van der Waals surface area contributed by atoms with Crippen LogP contribution < -0.4 is 5.32 Å². The van der Waals surface area contributed by atoms with Gasteiger partial charge in [0.15, 0.2) is 0 Å². The lowest BCUT2D eigenvalue weighted by atomic mass is 9.95. The Kier molecular flexibility index (Phi) is 5.34. The topological polar surface area (TPSA) is 15.3 Å². The smallest absolute Gasteiger partial charge is 0.123 e. The second-order valence-corrected chi connectivity index (χ2v) is 5.82. The molecule has 0 saturated carbocycles. The Labute approximate surface area is 116 Å². The number of hydrogen-bond donors (Lipinski definition) is 1. The van der Waals surface area contributed by atoms with Crippen molar-refractivity contribution < 1.29 is 4.39 Å². The van der Waals surface area contributed by atoms with Gasteiger partial charge < -0.3 is 5.32 Å². The number of benzene rings is 1. The quantitative estimate of drug-likeness (QED) is 0.879. The number of halogens is 1. The van der Waals surface area contributed by atoms with Gasteiger partial charge in [0.05, 0.1) is 0 Å². The van der Waals surface area contributed by atoms with E-state index in [9.17, 15) is 4.39 Å². The lowest BCUT2D eigenvalue weighted by Gasteiger charge is -2.37. The normalized spacial score (nSPS) is 24.6. The third-order valence-corrected chi connectivity index (χ3v) is 3.71. The monoisotopic (exact) mass is 264 g/mol. The maximum absolute atomic E-state index is 13.2. The van der Waals surface area contributed by atoms with Gasteiger partial charge in [0.2, 0.25) is 0 Å². The van der Waals surface area contributed by atoms with Gasteiger partial charge in [-0.05, 0) is 43.0 Å². The highest BCUT2D eigenvalue weighted by Crippen LogP contribution is 2.19. The molecule has 1 aliphatic rings. The van der Waals surface area contributed by atoms with E-state index in [2.05, 4.69) is 24.1 Å². The van der Waals surface area contributed by atoms with E-state index in [1.807, 2.05) is 6.07 Å². The van der Waals surface area contributed by atoms with Gasteiger partial charge >= 0.3 is 0 Å². The summed E-state index contributed by atoms with van der Waals surface area (Å²) in [7, 11) is 0. The van der Waals surface area contributed by atoms with Crippen LogP contribution in [0.1, 0.15) is 32.3 Å². The molecule has 2 rings (SSSR count). The fourth-order valence-corrected chi connectivity index (χ4v) is 2.98. The molecule has 2 nitrogen and oxygen atoms in total. The van der Waals surface area contributed by atoms with Crippen molar-refractivity contribution in [2.75, 3.05) is 19.6 Å². The van der Waals surface area contributed by atoms with Crippen molar-refractivity contribution in [3.05, 3.63) is 35.6 Å².